The number of rotatable bonds is 3. The van der Waals surface area contributed by atoms with E-state index in [-0.39, 0.29) is 30.3 Å². The lowest BCUT2D eigenvalue weighted by Crippen LogP contribution is -2.59. The molecule has 0 aromatic heterocycles. The molecule has 2 N–H and O–H groups in total. The zero-order valence-corrected chi connectivity index (χ0v) is 15.8. The summed E-state index contributed by atoms with van der Waals surface area (Å²) in [6.45, 7) is 2.15. The second-order valence-electron chi connectivity index (χ2n) is 7.23. The fraction of sp³-hybridized carbons (Fsp3) is 0.556. The minimum absolute atomic E-state index is 0.139. The third-order valence-corrected chi connectivity index (χ3v) is 5.74. The van der Waals surface area contributed by atoms with Gasteiger partial charge in [0.05, 0.1) is 17.0 Å². The lowest BCUT2D eigenvalue weighted by Gasteiger charge is -2.43. The Bertz CT molecular complexity index is 768. The number of carbonyl (C=O) groups is 2. The van der Waals surface area contributed by atoms with Gasteiger partial charge in [0.25, 0.3) is 0 Å². The van der Waals surface area contributed by atoms with Gasteiger partial charge >= 0.3 is 12.2 Å². The molecular formula is C18H20ClF4N3O2. The summed E-state index contributed by atoms with van der Waals surface area (Å²) in [5.74, 6) is -2.85. The minimum Gasteiger partial charge on any atom is -0.353 e. The van der Waals surface area contributed by atoms with Crippen molar-refractivity contribution in [1.82, 2.24) is 15.5 Å². The van der Waals surface area contributed by atoms with Crippen LogP contribution in [0.2, 0.25) is 5.02 Å². The molecule has 5 nitrogen and oxygen atoms in total. The molecule has 2 atom stereocenters. The highest BCUT2D eigenvalue weighted by Crippen LogP contribution is 2.49. The summed E-state index contributed by atoms with van der Waals surface area (Å²) < 4.78 is 52.2. The van der Waals surface area contributed by atoms with Crippen LogP contribution in [0.1, 0.15) is 31.4 Å². The average Bonchev–Trinajstić information content (AvgIpc) is 2.56. The number of nitrogens with one attached hydrogen (secondary N) is 2. The Kier molecular flexibility index (Phi) is 5.74. The van der Waals surface area contributed by atoms with Crippen LogP contribution in [0.15, 0.2) is 18.2 Å². The molecule has 3 amide bonds. The number of amides is 3. The molecule has 10 heteroatoms. The molecule has 3 rings (SSSR count). The predicted molar refractivity (Wildman–Crippen MR) is 94.1 cm³/mol. The molecule has 154 valence electrons. The molecule has 2 aliphatic rings. The number of hydrogen-bond acceptors (Lipinski definition) is 2. The van der Waals surface area contributed by atoms with Crippen molar-refractivity contribution < 1.29 is 27.2 Å². The van der Waals surface area contributed by atoms with Gasteiger partial charge in [-0.05, 0) is 43.4 Å². The van der Waals surface area contributed by atoms with Crippen molar-refractivity contribution in [3.8, 4) is 0 Å². The van der Waals surface area contributed by atoms with E-state index in [1.165, 1.54) is 17.0 Å². The summed E-state index contributed by atoms with van der Waals surface area (Å²) in [7, 11) is 0. The number of nitrogens with zero attached hydrogens (tertiary/aromatic N) is 1. The molecule has 28 heavy (non-hydrogen) atoms. The highest BCUT2D eigenvalue weighted by Gasteiger charge is 2.50. The number of benzene rings is 1. The van der Waals surface area contributed by atoms with Crippen molar-refractivity contribution in [2.24, 2.45) is 11.8 Å². The first-order valence-corrected chi connectivity index (χ1v) is 9.32. The maximum Gasteiger partial charge on any atom is 0.391 e. The van der Waals surface area contributed by atoms with E-state index in [0.29, 0.717) is 12.1 Å². The van der Waals surface area contributed by atoms with E-state index in [1.54, 1.807) is 6.92 Å². The molecule has 0 bridgehead atoms. The molecule has 0 radical (unpaired) electrons. The quantitative estimate of drug-likeness (QED) is 0.732. The Balaban J connectivity index is 1.79. The Morgan fingerprint density at radius 3 is 2.64 bits per heavy atom. The number of urea groups is 1. The van der Waals surface area contributed by atoms with Gasteiger partial charge in [-0.3, -0.25) is 4.79 Å². The standard InChI is InChI=1S/C18H20ClF4N3O2/c1-9-16(27)24-4-5-26(9)17(28)25-15(10-2-3-14(20)13(19)8-10)11-6-12(7-11)18(21,22)23/h2-3,8-9,11-12,15H,4-7H2,1H3,(H,24,27)(H,25,28)/t9-,11-,12+,15+/m1/s1. The molecule has 0 spiro atoms. The second-order valence-corrected chi connectivity index (χ2v) is 7.64. The van der Waals surface area contributed by atoms with Crippen LogP contribution < -0.4 is 10.6 Å². The summed E-state index contributed by atoms with van der Waals surface area (Å²) in [5, 5.41) is 5.20. The molecule has 1 aliphatic carbocycles. The first kappa shape index (κ1) is 20.7. The molecule has 1 heterocycles. The van der Waals surface area contributed by atoms with E-state index in [9.17, 15) is 27.2 Å². The van der Waals surface area contributed by atoms with Crippen LogP contribution >= 0.6 is 11.6 Å². The van der Waals surface area contributed by atoms with Gasteiger partial charge in [0.1, 0.15) is 11.9 Å². The number of alkyl halides is 3. The number of halogens is 5. The van der Waals surface area contributed by atoms with Crippen LogP contribution in [0.25, 0.3) is 0 Å². The Morgan fingerprint density at radius 1 is 1.36 bits per heavy atom. The van der Waals surface area contributed by atoms with E-state index in [2.05, 4.69) is 10.6 Å². The van der Waals surface area contributed by atoms with Gasteiger partial charge in [0, 0.05) is 13.1 Å². The molecule has 1 aromatic carbocycles. The summed E-state index contributed by atoms with van der Waals surface area (Å²) in [5.41, 5.74) is 0.430. The van der Waals surface area contributed by atoms with Gasteiger partial charge in [-0.2, -0.15) is 13.2 Å². The molecule has 1 aromatic rings. The lowest BCUT2D eigenvalue weighted by atomic mass is 9.69. The van der Waals surface area contributed by atoms with Crippen molar-refractivity contribution in [2.75, 3.05) is 13.1 Å². The van der Waals surface area contributed by atoms with Crippen molar-refractivity contribution in [1.29, 1.82) is 0 Å². The zero-order valence-electron chi connectivity index (χ0n) is 15.0. The van der Waals surface area contributed by atoms with Crippen molar-refractivity contribution in [2.45, 2.75) is 38.0 Å². The average molecular weight is 422 g/mol. The molecule has 1 aliphatic heterocycles. The van der Waals surface area contributed by atoms with Crippen molar-refractivity contribution in [3.63, 3.8) is 0 Å². The Morgan fingerprint density at radius 2 is 2.04 bits per heavy atom. The molecule has 1 saturated carbocycles. The number of hydrogen-bond donors (Lipinski definition) is 2. The summed E-state index contributed by atoms with van der Waals surface area (Å²) in [4.78, 5) is 25.8. The fourth-order valence-electron chi connectivity index (χ4n) is 3.66. The monoisotopic (exact) mass is 421 g/mol. The van der Waals surface area contributed by atoms with Crippen LogP contribution in [0.4, 0.5) is 22.4 Å². The van der Waals surface area contributed by atoms with Gasteiger partial charge in [0.2, 0.25) is 5.91 Å². The van der Waals surface area contributed by atoms with E-state index in [4.69, 9.17) is 11.6 Å². The SMILES string of the molecule is C[C@@H]1C(=O)NCCN1C(=O)N[C@@H](c1ccc(F)c(Cl)c1)[C@H]1C[C@@H](C(F)(F)F)C1. The molecule has 2 fully saturated rings. The van der Waals surface area contributed by atoms with Gasteiger partial charge in [0.15, 0.2) is 0 Å². The van der Waals surface area contributed by atoms with Gasteiger partial charge in [-0.15, -0.1) is 0 Å². The van der Waals surface area contributed by atoms with Crippen LogP contribution in [-0.2, 0) is 4.79 Å². The third kappa shape index (κ3) is 4.19. The topological polar surface area (TPSA) is 61.4 Å². The zero-order chi connectivity index (χ0) is 20.6. The first-order valence-electron chi connectivity index (χ1n) is 8.94. The summed E-state index contributed by atoms with van der Waals surface area (Å²) >= 11 is 5.82. The van der Waals surface area contributed by atoms with Crippen molar-refractivity contribution in [3.05, 3.63) is 34.6 Å². The van der Waals surface area contributed by atoms with Crippen LogP contribution in [0.3, 0.4) is 0 Å². The Hall–Kier alpha value is -2.03. The largest absolute Gasteiger partial charge is 0.391 e. The van der Waals surface area contributed by atoms with Crippen molar-refractivity contribution >= 4 is 23.5 Å². The molecule has 1 saturated heterocycles. The number of piperazine rings is 1. The predicted octanol–water partition coefficient (Wildman–Crippen LogP) is 3.64. The van der Waals surface area contributed by atoms with Crippen LogP contribution in [0, 0.1) is 17.7 Å². The van der Waals surface area contributed by atoms with E-state index in [1.807, 2.05) is 0 Å². The smallest absolute Gasteiger partial charge is 0.353 e. The lowest BCUT2D eigenvalue weighted by molar-refractivity contribution is -0.206. The third-order valence-electron chi connectivity index (χ3n) is 5.45. The second kappa shape index (κ2) is 7.77. The molecule has 0 unspecified atom stereocenters. The van der Waals surface area contributed by atoms with E-state index < -0.39 is 41.9 Å². The maximum absolute atomic E-state index is 13.5. The first-order chi connectivity index (χ1) is 13.1. The van der Waals surface area contributed by atoms with Gasteiger partial charge in [-0.1, -0.05) is 17.7 Å². The summed E-state index contributed by atoms with van der Waals surface area (Å²) in [6.07, 6.45) is -4.57. The van der Waals surface area contributed by atoms with E-state index >= 15 is 0 Å². The van der Waals surface area contributed by atoms with Gasteiger partial charge in [-0.25, -0.2) is 9.18 Å². The van der Waals surface area contributed by atoms with E-state index in [0.717, 1.165) is 6.07 Å². The van der Waals surface area contributed by atoms with Gasteiger partial charge < -0.3 is 15.5 Å². The van der Waals surface area contributed by atoms with Crippen LogP contribution in [0.5, 0.6) is 0 Å². The molecular weight excluding hydrogens is 402 g/mol. The fourth-order valence-corrected chi connectivity index (χ4v) is 3.85. The highest BCUT2D eigenvalue weighted by molar-refractivity contribution is 6.30. The summed E-state index contributed by atoms with van der Waals surface area (Å²) in [6, 6.07) is 1.82. The Labute approximate surface area is 164 Å². The number of carbonyl (C=O) groups excluding carboxylic acids is 2. The maximum atomic E-state index is 13.5. The normalized spacial score (nSPS) is 26.3. The highest BCUT2D eigenvalue weighted by atomic mass is 35.5. The minimum atomic E-state index is -4.29. The van der Waals surface area contributed by atoms with Crippen LogP contribution in [-0.4, -0.2) is 42.1 Å².